The Hall–Kier alpha value is -2.27. The Labute approximate surface area is 123 Å². The van der Waals surface area contributed by atoms with Gasteiger partial charge in [-0.25, -0.2) is 0 Å². The standard InChI is InChI=1S/C15H16N4S/c1-11-6-5-7-13(10-11)17-15(20)19-18-12(2)14-8-3-4-9-16-14/h3-10H,1-2H3,(H2,17,19,20)/b18-12+. The van der Waals surface area contributed by atoms with Gasteiger partial charge in [-0.05, 0) is 55.9 Å². The number of hydrogen-bond donors (Lipinski definition) is 2. The number of hydrazone groups is 1. The summed E-state index contributed by atoms with van der Waals surface area (Å²) in [6.07, 6.45) is 1.73. The van der Waals surface area contributed by atoms with E-state index in [1.165, 1.54) is 5.56 Å². The van der Waals surface area contributed by atoms with Crippen molar-refractivity contribution >= 4 is 28.7 Å². The van der Waals surface area contributed by atoms with Gasteiger partial charge < -0.3 is 5.32 Å². The third kappa shape index (κ3) is 4.13. The second kappa shape index (κ2) is 6.77. The number of aryl methyl sites for hydroxylation is 1. The minimum Gasteiger partial charge on any atom is -0.331 e. The van der Waals surface area contributed by atoms with Crippen LogP contribution in [0.15, 0.2) is 53.8 Å². The van der Waals surface area contributed by atoms with Gasteiger partial charge in [0.2, 0.25) is 0 Å². The lowest BCUT2D eigenvalue weighted by atomic mass is 10.2. The van der Waals surface area contributed by atoms with Crippen LogP contribution in [0, 0.1) is 6.92 Å². The molecule has 102 valence electrons. The summed E-state index contributed by atoms with van der Waals surface area (Å²) >= 11 is 5.20. The molecule has 0 saturated heterocycles. The quantitative estimate of drug-likeness (QED) is 0.516. The Balaban J connectivity index is 1.95. The number of aromatic nitrogens is 1. The van der Waals surface area contributed by atoms with E-state index >= 15 is 0 Å². The molecule has 0 unspecified atom stereocenters. The fourth-order valence-corrected chi connectivity index (χ4v) is 1.81. The van der Waals surface area contributed by atoms with E-state index in [1.807, 2.05) is 56.3 Å². The van der Waals surface area contributed by atoms with Gasteiger partial charge in [-0.3, -0.25) is 10.4 Å². The van der Waals surface area contributed by atoms with Crippen molar-refractivity contribution in [3.8, 4) is 0 Å². The maximum absolute atomic E-state index is 5.20. The molecular formula is C15H16N4S. The second-order valence-electron chi connectivity index (χ2n) is 4.35. The van der Waals surface area contributed by atoms with E-state index in [1.54, 1.807) is 6.20 Å². The highest BCUT2D eigenvalue weighted by Gasteiger charge is 1.99. The van der Waals surface area contributed by atoms with Crippen molar-refractivity contribution in [3.05, 3.63) is 59.9 Å². The normalized spacial score (nSPS) is 11.0. The highest BCUT2D eigenvalue weighted by atomic mass is 32.1. The summed E-state index contributed by atoms with van der Waals surface area (Å²) in [5.41, 5.74) is 6.52. The molecule has 2 aromatic rings. The molecule has 0 aliphatic rings. The maximum atomic E-state index is 5.20. The maximum Gasteiger partial charge on any atom is 0.191 e. The lowest BCUT2D eigenvalue weighted by molar-refractivity contribution is 1.03. The molecule has 1 heterocycles. The van der Waals surface area contributed by atoms with Crippen molar-refractivity contribution in [1.82, 2.24) is 10.4 Å². The van der Waals surface area contributed by atoms with Crippen LogP contribution < -0.4 is 10.7 Å². The van der Waals surface area contributed by atoms with Gasteiger partial charge in [-0.2, -0.15) is 5.10 Å². The number of nitrogens with zero attached hydrogens (tertiary/aromatic N) is 2. The van der Waals surface area contributed by atoms with Gasteiger partial charge in [0.05, 0.1) is 11.4 Å². The third-order valence-electron chi connectivity index (χ3n) is 2.64. The average molecular weight is 284 g/mol. The highest BCUT2D eigenvalue weighted by Crippen LogP contribution is 2.09. The Morgan fingerprint density at radius 1 is 1.20 bits per heavy atom. The molecule has 20 heavy (non-hydrogen) atoms. The van der Waals surface area contributed by atoms with Crippen LogP contribution in [0.1, 0.15) is 18.2 Å². The molecule has 0 aliphatic heterocycles. The Morgan fingerprint density at radius 3 is 2.75 bits per heavy atom. The van der Waals surface area contributed by atoms with Crippen LogP contribution in [0.5, 0.6) is 0 Å². The van der Waals surface area contributed by atoms with Crippen molar-refractivity contribution in [2.24, 2.45) is 5.10 Å². The molecule has 0 spiro atoms. The summed E-state index contributed by atoms with van der Waals surface area (Å²) in [7, 11) is 0. The monoisotopic (exact) mass is 284 g/mol. The molecule has 0 aliphatic carbocycles. The van der Waals surface area contributed by atoms with Crippen LogP contribution in [0.3, 0.4) is 0 Å². The van der Waals surface area contributed by atoms with Crippen molar-refractivity contribution in [1.29, 1.82) is 0 Å². The average Bonchev–Trinajstić information content (AvgIpc) is 2.46. The number of hydrogen-bond acceptors (Lipinski definition) is 3. The number of rotatable bonds is 3. The molecule has 2 N–H and O–H groups in total. The van der Waals surface area contributed by atoms with Crippen LogP contribution in [0.25, 0.3) is 0 Å². The smallest absolute Gasteiger partial charge is 0.191 e. The van der Waals surface area contributed by atoms with Crippen molar-refractivity contribution in [2.45, 2.75) is 13.8 Å². The number of pyridine rings is 1. The zero-order valence-corrected chi connectivity index (χ0v) is 12.2. The summed E-state index contributed by atoms with van der Waals surface area (Å²) in [5.74, 6) is 0. The molecule has 1 aromatic carbocycles. The number of thiocarbonyl (C=S) groups is 1. The molecule has 0 fully saturated rings. The van der Waals surface area contributed by atoms with Crippen molar-refractivity contribution in [2.75, 3.05) is 5.32 Å². The highest BCUT2D eigenvalue weighted by molar-refractivity contribution is 7.80. The largest absolute Gasteiger partial charge is 0.331 e. The molecular weight excluding hydrogens is 268 g/mol. The minimum absolute atomic E-state index is 0.450. The first-order valence-corrected chi connectivity index (χ1v) is 6.65. The van der Waals surface area contributed by atoms with Crippen LogP contribution in [0.4, 0.5) is 5.69 Å². The first-order chi connectivity index (χ1) is 9.65. The lowest BCUT2D eigenvalue weighted by Crippen LogP contribution is -2.25. The van der Waals surface area contributed by atoms with Crippen LogP contribution >= 0.6 is 12.2 Å². The third-order valence-corrected chi connectivity index (χ3v) is 2.83. The molecule has 4 nitrogen and oxygen atoms in total. The molecule has 5 heteroatoms. The molecule has 0 atom stereocenters. The topological polar surface area (TPSA) is 49.3 Å². The van der Waals surface area contributed by atoms with E-state index in [2.05, 4.69) is 20.8 Å². The van der Waals surface area contributed by atoms with Gasteiger partial charge in [-0.15, -0.1) is 0 Å². The summed E-state index contributed by atoms with van der Waals surface area (Å²) < 4.78 is 0. The van der Waals surface area contributed by atoms with E-state index in [4.69, 9.17) is 12.2 Å². The number of nitrogens with one attached hydrogen (secondary N) is 2. The van der Waals surface area contributed by atoms with E-state index in [9.17, 15) is 0 Å². The fourth-order valence-electron chi connectivity index (χ4n) is 1.65. The SMILES string of the molecule is C/C(=N\NC(=S)Nc1cccc(C)c1)c1ccccn1. The second-order valence-corrected chi connectivity index (χ2v) is 4.76. The van der Waals surface area contributed by atoms with Crippen molar-refractivity contribution < 1.29 is 0 Å². The summed E-state index contributed by atoms with van der Waals surface area (Å²) in [6, 6.07) is 13.7. The van der Waals surface area contributed by atoms with Gasteiger partial charge in [0, 0.05) is 11.9 Å². The van der Waals surface area contributed by atoms with Gasteiger partial charge in [0.25, 0.3) is 0 Å². The molecule has 1 aromatic heterocycles. The van der Waals surface area contributed by atoms with E-state index in [0.29, 0.717) is 5.11 Å². The Morgan fingerprint density at radius 2 is 2.05 bits per heavy atom. The van der Waals surface area contributed by atoms with Gasteiger partial charge in [-0.1, -0.05) is 18.2 Å². The molecule has 0 radical (unpaired) electrons. The number of benzene rings is 1. The fraction of sp³-hybridized carbons (Fsp3) is 0.133. The predicted octanol–water partition coefficient (Wildman–Crippen LogP) is 3.10. The van der Waals surface area contributed by atoms with Crippen LogP contribution in [-0.4, -0.2) is 15.8 Å². The van der Waals surface area contributed by atoms with Gasteiger partial charge >= 0.3 is 0 Å². The van der Waals surface area contributed by atoms with E-state index in [0.717, 1.165) is 17.1 Å². The number of anilines is 1. The summed E-state index contributed by atoms with van der Waals surface area (Å²) in [5, 5.41) is 7.75. The Kier molecular flexibility index (Phi) is 4.79. The summed E-state index contributed by atoms with van der Waals surface area (Å²) in [4.78, 5) is 4.22. The first-order valence-electron chi connectivity index (χ1n) is 6.24. The van der Waals surface area contributed by atoms with Crippen LogP contribution in [-0.2, 0) is 0 Å². The summed E-state index contributed by atoms with van der Waals surface area (Å²) in [6.45, 7) is 3.91. The Bertz CT molecular complexity index is 623. The van der Waals surface area contributed by atoms with Crippen molar-refractivity contribution in [3.63, 3.8) is 0 Å². The zero-order valence-electron chi connectivity index (χ0n) is 11.4. The molecule has 0 bridgehead atoms. The van der Waals surface area contributed by atoms with Gasteiger partial charge in [0.15, 0.2) is 5.11 Å². The molecule has 0 saturated carbocycles. The van der Waals surface area contributed by atoms with E-state index in [-0.39, 0.29) is 0 Å². The molecule has 0 amide bonds. The van der Waals surface area contributed by atoms with Gasteiger partial charge in [0.1, 0.15) is 0 Å². The van der Waals surface area contributed by atoms with Crippen LogP contribution in [0.2, 0.25) is 0 Å². The lowest BCUT2D eigenvalue weighted by Gasteiger charge is -2.08. The zero-order chi connectivity index (χ0) is 14.4. The minimum atomic E-state index is 0.450. The molecule has 2 rings (SSSR count). The first kappa shape index (κ1) is 14.1. The predicted molar refractivity (Wildman–Crippen MR) is 87.0 cm³/mol. The van der Waals surface area contributed by atoms with E-state index < -0.39 is 0 Å².